The molecule has 1 heterocycles. The summed E-state index contributed by atoms with van der Waals surface area (Å²) in [5.41, 5.74) is -1.74. The van der Waals surface area contributed by atoms with Crippen LogP contribution >= 0.6 is 0 Å². The van der Waals surface area contributed by atoms with Crippen LogP contribution in [0.15, 0.2) is 42.5 Å². The monoisotopic (exact) mass is 512 g/mol. The van der Waals surface area contributed by atoms with Gasteiger partial charge in [-0.3, -0.25) is 9.59 Å². The number of aliphatic carboxylic acids is 1. The topological polar surface area (TPSA) is 86.7 Å². The molecule has 0 bridgehead atoms. The van der Waals surface area contributed by atoms with E-state index in [9.17, 15) is 23.9 Å². The van der Waals surface area contributed by atoms with Gasteiger partial charge in [0, 0.05) is 17.0 Å². The SMILES string of the molecule is CC(C)C[C@@H]1C(=O)N[C@H](C2Cc3ccccc3C2)C(=O)N1[C@@](C(=O)O)(c1ccc(F)cc1F)C(C)(C)C. The Morgan fingerprint density at radius 2 is 1.68 bits per heavy atom. The van der Waals surface area contributed by atoms with E-state index in [-0.39, 0.29) is 23.8 Å². The molecule has 2 amide bonds. The summed E-state index contributed by atoms with van der Waals surface area (Å²) in [5, 5.41) is 13.7. The van der Waals surface area contributed by atoms with Crippen LogP contribution in [0.5, 0.6) is 0 Å². The number of carbonyl (C=O) groups is 3. The Hall–Kier alpha value is -3.29. The second kappa shape index (κ2) is 9.54. The molecule has 2 N–H and O–H groups in total. The van der Waals surface area contributed by atoms with Crippen molar-refractivity contribution in [2.75, 3.05) is 0 Å². The molecule has 198 valence electrons. The number of carboxylic acid groups (broad SMARTS) is 1. The van der Waals surface area contributed by atoms with Crippen LogP contribution in [0.1, 0.15) is 57.7 Å². The normalized spacial score (nSPS) is 22.1. The van der Waals surface area contributed by atoms with Gasteiger partial charge in [0.2, 0.25) is 11.8 Å². The zero-order valence-electron chi connectivity index (χ0n) is 21.8. The van der Waals surface area contributed by atoms with Crippen LogP contribution in [0.4, 0.5) is 8.78 Å². The fourth-order valence-electron chi connectivity index (χ4n) is 6.16. The average molecular weight is 513 g/mol. The number of benzene rings is 2. The summed E-state index contributed by atoms with van der Waals surface area (Å²) in [6, 6.07) is 8.36. The van der Waals surface area contributed by atoms with Crippen LogP contribution in [0.25, 0.3) is 0 Å². The van der Waals surface area contributed by atoms with Crippen molar-refractivity contribution in [1.82, 2.24) is 10.2 Å². The quantitative estimate of drug-likeness (QED) is 0.599. The van der Waals surface area contributed by atoms with E-state index in [0.717, 1.165) is 28.2 Å². The van der Waals surface area contributed by atoms with Crippen LogP contribution in [0.2, 0.25) is 0 Å². The molecule has 0 spiro atoms. The van der Waals surface area contributed by atoms with E-state index < -0.39 is 52.5 Å². The van der Waals surface area contributed by atoms with E-state index in [4.69, 9.17) is 0 Å². The van der Waals surface area contributed by atoms with Crippen molar-refractivity contribution in [2.24, 2.45) is 17.3 Å². The van der Waals surface area contributed by atoms with E-state index in [1.54, 1.807) is 20.8 Å². The minimum atomic E-state index is -2.27. The Kier molecular flexibility index (Phi) is 6.90. The molecular formula is C29H34F2N2O4. The van der Waals surface area contributed by atoms with E-state index >= 15 is 4.39 Å². The molecule has 1 aliphatic heterocycles. The number of nitrogens with zero attached hydrogens (tertiary/aromatic N) is 1. The number of rotatable bonds is 6. The summed E-state index contributed by atoms with van der Waals surface area (Å²) in [6.45, 7) is 8.52. The van der Waals surface area contributed by atoms with Crippen molar-refractivity contribution in [3.05, 3.63) is 70.8 Å². The molecule has 1 saturated heterocycles. The molecule has 3 atom stereocenters. The second-order valence-electron chi connectivity index (χ2n) is 11.7. The molecule has 0 saturated carbocycles. The standard InChI is InChI=1S/C29H34F2N2O4/c1-16(2)12-23-25(34)32-24(19-13-17-8-6-7-9-18(17)14-19)26(35)33(23)29(27(36)37,28(3,4)5)21-11-10-20(30)15-22(21)31/h6-11,15-16,19,23-24H,12-14H2,1-5H3,(H,32,34)(H,36,37)/t23-,24-,29-/m1/s1. The molecule has 8 heteroatoms. The van der Waals surface area contributed by atoms with Crippen LogP contribution in [0.3, 0.4) is 0 Å². The highest BCUT2D eigenvalue weighted by Gasteiger charge is 2.63. The minimum Gasteiger partial charge on any atom is -0.479 e. The Bertz CT molecular complexity index is 1210. The highest BCUT2D eigenvalue weighted by atomic mass is 19.1. The number of nitrogens with one attached hydrogen (secondary N) is 1. The minimum absolute atomic E-state index is 0.0668. The van der Waals surface area contributed by atoms with Gasteiger partial charge in [0.25, 0.3) is 0 Å². The van der Waals surface area contributed by atoms with Crippen LogP contribution in [0, 0.1) is 28.9 Å². The first-order chi connectivity index (χ1) is 17.3. The molecule has 0 unspecified atom stereocenters. The van der Waals surface area contributed by atoms with Crippen LogP contribution in [-0.4, -0.2) is 39.9 Å². The van der Waals surface area contributed by atoms with E-state index in [2.05, 4.69) is 5.32 Å². The molecule has 6 nitrogen and oxygen atoms in total. The number of amides is 2. The van der Waals surface area contributed by atoms with Crippen molar-refractivity contribution in [2.45, 2.75) is 71.5 Å². The number of hydrogen-bond acceptors (Lipinski definition) is 3. The van der Waals surface area contributed by atoms with Gasteiger partial charge in [-0.15, -0.1) is 0 Å². The lowest BCUT2D eigenvalue weighted by molar-refractivity contribution is -0.182. The molecule has 1 aliphatic carbocycles. The third-order valence-corrected chi connectivity index (χ3v) is 7.74. The van der Waals surface area contributed by atoms with Crippen LogP contribution in [-0.2, 0) is 32.8 Å². The Labute approximate surface area is 216 Å². The lowest BCUT2D eigenvalue weighted by Crippen LogP contribution is -2.74. The van der Waals surface area contributed by atoms with Gasteiger partial charge in [0.1, 0.15) is 23.7 Å². The maximum atomic E-state index is 15.4. The zero-order chi connectivity index (χ0) is 27.3. The first kappa shape index (κ1) is 26.8. The molecular weight excluding hydrogens is 478 g/mol. The molecule has 37 heavy (non-hydrogen) atoms. The summed E-state index contributed by atoms with van der Waals surface area (Å²) in [4.78, 5) is 42.5. The van der Waals surface area contributed by atoms with E-state index in [1.165, 1.54) is 0 Å². The molecule has 0 radical (unpaired) electrons. The Morgan fingerprint density at radius 1 is 1.08 bits per heavy atom. The van der Waals surface area contributed by atoms with Gasteiger partial charge in [0.15, 0.2) is 5.54 Å². The highest BCUT2D eigenvalue weighted by Crippen LogP contribution is 2.49. The zero-order valence-corrected chi connectivity index (χ0v) is 21.8. The maximum Gasteiger partial charge on any atom is 0.335 e. The highest BCUT2D eigenvalue weighted by molar-refractivity contribution is 6.01. The second-order valence-corrected chi connectivity index (χ2v) is 11.7. The van der Waals surface area contributed by atoms with Gasteiger partial charge < -0.3 is 15.3 Å². The number of carbonyl (C=O) groups excluding carboxylic acids is 2. The predicted octanol–water partition coefficient (Wildman–Crippen LogP) is 4.45. The van der Waals surface area contributed by atoms with Crippen molar-refractivity contribution >= 4 is 17.8 Å². The maximum absolute atomic E-state index is 15.4. The third kappa shape index (κ3) is 4.40. The van der Waals surface area contributed by atoms with Gasteiger partial charge in [-0.2, -0.15) is 0 Å². The summed E-state index contributed by atoms with van der Waals surface area (Å²) >= 11 is 0. The number of piperazine rings is 1. The van der Waals surface area contributed by atoms with Crippen molar-refractivity contribution in [1.29, 1.82) is 0 Å². The first-order valence-corrected chi connectivity index (χ1v) is 12.7. The molecule has 4 rings (SSSR count). The number of carboxylic acids is 1. The Balaban J connectivity index is 1.92. The van der Waals surface area contributed by atoms with Crippen LogP contribution < -0.4 is 5.32 Å². The lowest BCUT2D eigenvalue weighted by Gasteiger charge is -2.55. The van der Waals surface area contributed by atoms with Gasteiger partial charge in [0.05, 0.1) is 0 Å². The van der Waals surface area contributed by atoms with Crippen molar-refractivity contribution in [3.63, 3.8) is 0 Å². The average Bonchev–Trinajstić information content (AvgIpc) is 3.22. The van der Waals surface area contributed by atoms with Crippen molar-refractivity contribution in [3.8, 4) is 0 Å². The summed E-state index contributed by atoms with van der Waals surface area (Å²) in [6.07, 6.45) is 1.29. The molecule has 2 aromatic carbocycles. The van der Waals surface area contributed by atoms with Crippen molar-refractivity contribution < 1.29 is 28.3 Å². The lowest BCUT2D eigenvalue weighted by atomic mass is 9.66. The van der Waals surface area contributed by atoms with E-state index in [1.807, 2.05) is 38.1 Å². The first-order valence-electron chi connectivity index (χ1n) is 12.7. The summed E-state index contributed by atoms with van der Waals surface area (Å²) in [7, 11) is 0. The predicted molar refractivity (Wildman–Crippen MR) is 134 cm³/mol. The Morgan fingerprint density at radius 3 is 2.16 bits per heavy atom. The van der Waals surface area contributed by atoms with Gasteiger partial charge >= 0.3 is 5.97 Å². The van der Waals surface area contributed by atoms with Gasteiger partial charge in [-0.05, 0) is 48.3 Å². The van der Waals surface area contributed by atoms with Gasteiger partial charge in [-0.25, -0.2) is 13.6 Å². The van der Waals surface area contributed by atoms with Gasteiger partial charge in [-0.1, -0.05) is 65.0 Å². The molecule has 0 aromatic heterocycles. The van der Waals surface area contributed by atoms with E-state index in [0.29, 0.717) is 18.9 Å². The largest absolute Gasteiger partial charge is 0.479 e. The fraction of sp³-hybridized carbons (Fsp3) is 0.483. The molecule has 2 aromatic rings. The molecule has 1 fully saturated rings. The number of hydrogen-bond donors (Lipinski definition) is 2. The summed E-state index contributed by atoms with van der Waals surface area (Å²) < 4.78 is 29.4. The molecule has 2 aliphatic rings. The summed E-state index contributed by atoms with van der Waals surface area (Å²) in [5.74, 6) is -4.79. The number of halogens is 2. The third-order valence-electron chi connectivity index (χ3n) is 7.74. The number of fused-ring (bicyclic) bond motifs is 1. The fourth-order valence-corrected chi connectivity index (χ4v) is 6.16. The smallest absolute Gasteiger partial charge is 0.335 e.